The van der Waals surface area contributed by atoms with Gasteiger partial charge in [0.05, 0.1) is 11.5 Å². The summed E-state index contributed by atoms with van der Waals surface area (Å²) in [5, 5.41) is 8.72. The fraction of sp³-hybridized carbons (Fsp3) is 0.778. The smallest absolute Gasteiger partial charge is 0.251 e. The second kappa shape index (κ2) is 3.35. The molecule has 1 amide bonds. The molecule has 0 N–H and O–H groups in total. The molecule has 1 rings (SSSR count). The zero-order valence-electron chi connectivity index (χ0n) is 8.20. The van der Waals surface area contributed by atoms with E-state index in [0.29, 0.717) is 13.1 Å². The predicted molar refractivity (Wildman–Crippen MR) is 46.8 cm³/mol. The minimum Gasteiger partial charge on any atom is -0.372 e. The van der Waals surface area contributed by atoms with Crippen molar-refractivity contribution < 1.29 is 9.53 Å². The summed E-state index contributed by atoms with van der Waals surface area (Å²) < 4.78 is 4.90. The normalized spacial score (nSPS) is 21.5. The van der Waals surface area contributed by atoms with Crippen LogP contribution in [0.3, 0.4) is 0 Å². The summed E-state index contributed by atoms with van der Waals surface area (Å²) in [5.74, 6) is -0.0322. The lowest BCUT2D eigenvalue weighted by Crippen LogP contribution is -2.58. The average Bonchev–Trinajstić information content (AvgIpc) is 2.10. The summed E-state index contributed by atoms with van der Waals surface area (Å²) in [7, 11) is 1.51. The number of amides is 1. The lowest BCUT2D eigenvalue weighted by atomic mass is 9.83. The highest BCUT2D eigenvalue weighted by Crippen LogP contribution is 2.29. The molecular weight excluding hydrogens is 168 g/mol. The Morgan fingerprint density at radius 1 is 1.69 bits per heavy atom. The molecule has 4 nitrogen and oxygen atoms in total. The number of hydrogen-bond acceptors (Lipinski definition) is 3. The van der Waals surface area contributed by atoms with Crippen molar-refractivity contribution in [1.29, 1.82) is 5.26 Å². The summed E-state index contributed by atoms with van der Waals surface area (Å²) in [6.45, 7) is 4.62. The second-order valence-corrected chi connectivity index (χ2v) is 3.74. The predicted octanol–water partition coefficient (Wildman–Crippen LogP) is 0.393. The third kappa shape index (κ3) is 1.81. The van der Waals surface area contributed by atoms with Crippen LogP contribution in [0.25, 0.3) is 0 Å². The maximum atomic E-state index is 11.5. The third-order valence-corrected chi connectivity index (χ3v) is 2.36. The van der Waals surface area contributed by atoms with E-state index in [4.69, 9.17) is 10.00 Å². The summed E-state index contributed by atoms with van der Waals surface area (Å²) in [6, 6.07) is 2.18. The average molecular weight is 182 g/mol. The van der Waals surface area contributed by atoms with Crippen LogP contribution in [0.5, 0.6) is 0 Å². The SMILES string of the molecule is COC(C)C(=O)N1CC(C)(C#N)C1. The number of nitriles is 1. The van der Waals surface area contributed by atoms with Crippen molar-refractivity contribution in [1.82, 2.24) is 4.90 Å². The van der Waals surface area contributed by atoms with Gasteiger partial charge in [-0.2, -0.15) is 5.26 Å². The van der Waals surface area contributed by atoms with Gasteiger partial charge in [-0.1, -0.05) is 0 Å². The van der Waals surface area contributed by atoms with Gasteiger partial charge in [-0.15, -0.1) is 0 Å². The molecule has 1 aliphatic rings. The zero-order chi connectivity index (χ0) is 10.1. The molecule has 4 heteroatoms. The molecule has 0 bridgehead atoms. The number of likely N-dealkylation sites (tertiary alicyclic amines) is 1. The van der Waals surface area contributed by atoms with Gasteiger partial charge in [-0.3, -0.25) is 4.79 Å². The summed E-state index contributed by atoms with van der Waals surface area (Å²) >= 11 is 0. The molecule has 1 unspecified atom stereocenters. The van der Waals surface area contributed by atoms with E-state index in [-0.39, 0.29) is 11.3 Å². The maximum Gasteiger partial charge on any atom is 0.251 e. The zero-order valence-corrected chi connectivity index (χ0v) is 8.20. The van der Waals surface area contributed by atoms with Gasteiger partial charge >= 0.3 is 0 Å². The monoisotopic (exact) mass is 182 g/mol. The number of rotatable bonds is 2. The van der Waals surface area contributed by atoms with Gasteiger partial charge in [0.1, 0.15) is 6.10 Å². The highest BCUT2D eigenvalue weighted by Gasteiger charge is 2.42. The molecule has 0 radical (unpaired) electrons. The molecule has 0 saturated carbocycles. The van der Waals surface area contributed by atoms with Crippen molar-refractivity contribution in [2.45, 2.75) is 20.0 Å². The van der Waals surface area contributed by atoms with E-state index in [1.807, 2.05) is 6.92 Å². The van der Waals surface area contributed by atoms with E-state index in [0.717, 1.165) is 0 Å². The molecule has 0 aromatic rings. The van der Waals surface area contributed by atoms with Gasteiger partial charge in [0.25, 0.3) is 5.91 Å². The molecule has 1 saturated heterocycles. The van der Waals surface area contributed by atoms with Crippen LogP contribution in [-0.4, -0.2) is 37.1 Å². The van der Waals surface area contributed by atoms with Gasteiger partial charge in [-0.25, -0.2) is 0 Å². The van der Waals surface area contributed by atoms with E-state index in [1.165, 1.54) is 7.11 Å². The first kappa shape index (κ1) is 10.0. The number of ether oxygens (including phenoxy) is 1. The summed E-state index contributed by atoms with van der Waals surface area (Å²) in [4.78, 5) is 13.1. The van der Waals surface area contributed by atoms with Crippen LogP contribution in [0.15, 0.2) is 0 Å². The Balaban J connectivity index is 2.45. The first-order valence-electron chi connectivity index (χ1n) is 4.25. The highest BCUT2D eigenvalue weighted by atomic mass is 16.5. The topological polar surface area (TPSA) is 53.3 Å². The Labute approximate surface area is 78.1 Å². The van der Waals surface area contributed by atoms with Crippen molar-refractivity contribution in [3.05, 3.63) is 0 Å². The van der Waals surface area contributed by atoms with E-state index in [9.17, 15) is 4.79 Å². The molecule has 13 heavy (non-hydrogen) atoms. The minimum atomic E-state index is -0.400. The van der Waals surface area contributed by atoms with Crippen LogP contribution in [0, 0.1) is 16.7 Å². The summed E-state index contributed by atoms with van der Waals surface area (Å²) in [6.07, 6.45) is -0.400. The summed E-state index contributed by atoms with van der Waals surface area (Å²) in [5.41, 5.74) is -0.344. The van der Waals surface area contributed by atoms with E-state index < -0.39 is 6.10 Å². The molecular formula is C9H14N2O2. The van der Waals surface area contributed by atoms with Crippen molar-refractivity contribution in [3.63, 3.8) is 0 Å². The molecule has 1 aliphatic heterocycles. The van der Waals surface area contributed by atoms with Gasteiger partial charge in [-0.05, 0) is 13.8 Å². The van der Waals surface area contributed by atoms with Crippen LogP contribution < -0.4 is 0 Å². The quantitative estimate of drug-likeness (QED) is 0.621. The highest BCUT2D eigenvalue weighted by molar-refractivity contribution is 5.81. The van der Waals surface area contributed by atoms with Crippen molar-refractivity contribution >= 4 is 5.91 Å². The Bertz CT molecular complexity index is 251. The molecule has 0 aliphatic carbocycles. The number of nitrogens with zero attached hydrogens (tertiary/aromatic N) is 2. The number of carbonyl (C=O) groups is 1. The Hall–Kier alpha value is -1.08. The minimum absolute atomic E-state index is 0.0322. The third-order valence-electron chi connectivity index (χ3n) is 2.36. The number of carbonyl (C=O) groups excluding carboxylic acids is 1. The van der Waals surface area contributed by atoms with Crippen LogP contribution >= 0.6 is 0 Å². The van der Waals surface area contributed by atoms with Crippen LogP contribution in [0.4, 0.5) is 0 Å². The van der Waals surface area contributed by atoms with Gasteiger partial charge in [0, 0.05) is 20.2 Å². The fourth-order valence-corrected chi connectivity index (χ4v) is 1.38. The van der Waals surface area contributed by atoms with Crippen molar-refractivity contribution in [2.75, 3.05) is 20.2 Å². The molecule has 1 atom stereocenters. The number of methoxy groups -OCH3 is 1. The standard InChI is InChI=1S/C9H14N2O2/c1-7(13-3)8(12)11-5-9(2,4-10)6-11/h7H,5-6H2,1-3H3. The first-order chi connectivity index (χ1) is 6.02. The molecule has 72 valence electrons. The molecule has 1 heterocycles. The van der Waals surface area contributed by atoms with E-state index in [1.54, 1.807) is 11.8 Å². The van der Waals surface area contributed by atoms with Crippen LogP contribution in [0.1, 0.15) is 13.8 Å². The van der Waals surface area contributed by atoms with Gasteiger partial charge < -0.3 is 9.64 Å². The first-order valence-corrected chi connectivity index (χ1v) is 4.25. The van der Waals surface area contributed by atoms with Gasteiger partial charge in [0.15, 0.2) is 0 Å². The Morgan fingerprint density at radius 3 is 2.62 bits per heavy atom. The van der Waals surface area contributed by atoms with Crippen LogP contribution in [-0.2, 0) is 9.53 Å². The molecule has 0 spiro atoms. The largest absolute Gasteiger partial charge is 0.372 e. The fourth-order valence-electron chi connectivity index (χ4n) is 1.38. The lowest BCUT2D eigenvalue weighted by molar-refractivity contribution is -0.149. The molecule has 0 aromatic heterocycles. The Kier molecular flexibility index (Phi) is 2.58. The van der Waals surface area contributed by atoms with Crippen molar-refractivity contribution in [3.8, 4) is 6.07 Å². The number of hydrogen-bond donors (Lipinski definition) is 0. The van der Waals surface area contributed by atoms with Crippen LogP contribution in [0.2, 0.25) is 0 Å². The lowest BCUT2D eigenvalue weighted by Gasteiger charge is -2.44. The van der Waals surface area contributed by atoms with E-state index in [2.05, 4.69) is 6.07 Å². The Morgan fingerprint density at radius 2 is 2.23 bits per heavy atom. The van der Waals surface area contributed by atoms with Crippen molar-refractivity contribution in [2.24, 2.45) is 5.41 Å². The molecule has 1 fully saturated rings. The second-order valence-electron chi connectivity index (χ2n) is 3.74. The molecule has 0 aromatic carbocycles. The van der Waals surface area contributed by atoms with E-state index >= 15 is 0 Å². The van der Waals surface area contributed by atoms with Gasteiger partial charge in [0.2, 0.25) is 0 Å². The maximum absolute atomic E-state index is 11.5.